The van der Waals surface area contributed by atoms with Gasteiger partial charge in [0.15, 0.2) is 0 Å². The molecule has 24 heavy (non-hydrogen) atoms. The molecule has 1 aliphatic rings. The molecule has 128 valence electrons. The number of aromatic nitrogens is 3. The van der Waals surface area contributed by atoms with Gasteiger partial charge >= 0.3 is 0 Å². The molecule has 1 amide bonds. The van der Waals surface area contributed by atoms with Gasteiger partial charge in [-0.1, -0.05) is 42.1 Å². The molecule has 7 heteroatoms. The van der Waals surface area contributed by atoms with Crippen LogP contribution >= 0.6 is 11.8 Å². The van der Waals surface area contributed by atoms with Crippen molar-refractivity contribution in [3.8, 4) is 0 Å². The molecule has 2 heterocycles. The number of benzene rings is 1. The Morgan fingerprint density at radius 1 is 1.42 bits per heavy atom. The highest BCUT2D eigenvalue weighted by Gasteiger charge is 2.24. The lowest BCUT2D eigenvalue weighted by molar-refractivity contribution is -0.121. The molecule has 0 saturated carbocycles. The van der Waals surface area contributed by atoms with Crippen LogP contribution in [0.3, 0.4) is 0 Å². The van der Waals surface area contributed by atoms with Gasteiger partial charge in [0.2, 0.25) is 11.1 Å². The predicted molar refractivity (Wildman–Crippen MR) is 95.1 cm³/mol. The Labute approximate surface area is 146 Å². The summed E-state index contributed by atoms with van der Waals surface area (Å²) in [5.74, 6) is 2.22. The number of likely N-dealkylation sites (tertiary alicyclic amines) is 1. The Bertz CT molecular complexity index is 660. The molecule has 0 bridgehead atoms. The summed E-state index contributed by atoms with van der Waals surface area (Å²) in [4.78, 5) is 18.5. The summed E-state index contributed by atoms with van der Waals surface area (Å²) >= 11 is 1.54. The number of hydrogen-bond acceptors (Lipinski definition) is 5. The number of amides is 1. The zero-order chi connectivity index (χ0) is 16.8. The van der Waals surface area contributed by atoms with E-state index in [2.05, 4.69) is 49.7 Å². The number of aryl methyl sites for hydroxylation is 1. The number of thioether (sulfide) groups is 1. The summed E-state index contributed by atoms with van der Waals surface area (Å²) in [5, 5.41) is 10.6. The first-order valence-electron chi connectivity index (χ1n) is 8.26. The smallest absolute Gasteiger partial charge is 0.234 e. The van der Waals surface area contributed by atoms with Crippen LogP contribution < -0.4 is 5.32 Å². The van der Waals surface area contributed by atoms with Crippen molar-refractivity contribution >= 4 is 17.7 Å². The molecule has 0 spiro atoms. The van der Waals surface area contributed by atoms with Crippen LogP contribution in [0.25, 0.3) is 0 Å². The van der Waals surface area contributed by atoms with Crippen LogP contribution in [-0.4, -0.2) is 57.9 Å². The number of hydrogen-bond donors (Lipinski definition) is 2. The van der Waals surface area contributed by atoms with Gasteiger partial charge in [-0.05, 0) is 31.4 Å². The van der Waals surface area contributed by atoms with Crippen LogP contribution in [0.15, 0.2) is 35.5 Å². The minimum atomic E-state index is 0.0930. The minimum absolute atomic E-state index is 0.0930. The number of aromatic amines is 1. The van der Waals surface area contributed by atoms with Crippen molar-refractivity contribution in [3.05, 3.63) is 41.7 Å². The van der Waals surface area contributed by atoms with Gasteiger partial charge in [-0.3, -0.25) is 14.8 Å². The lowest BCUT2D eigenvalue weighted by Gasteiger charge is -2.15. The largest absolute Gasteiger partial charge is 0.354 e. The monoisotopic (exact) mass is 345 g/mol. The second-order valence-corrected chi connectivity index (χ2v) is 7.10. The molecule has 1 aliphatic heterocycles. The molecule has 1 aromatic carbocycles. The van der Waals surface area contributed by atoms with Crippen LogP contribution in [0, 0.1) is 6.92 Å². The van der Waals surface area contributed by atoms with Crippen molar-refractivity contribution < 1.29 is 4.79 Å². The Kier molecular flexibility index (Phi) is 5.87. The van der Waals surface area contributed by atoms with Gasteiger partial charge < -0.3 is 5.32 Å². The van der Waals surface area contributed by atoms with Gasteiger partial charge in [0.05, 0.1) is 6.54 Å². The van der Waals surface area contributed by atoms with Crippen molar-refractivity contribution in [1.82, 2.24) is 25.4 Å². The van der Waals surface area contributed by atoms with E-state index < -0.39 is 0 Å². The van der Waals surface area contributed by atoms with Crippen molar-refractivity contribution in [2.45, 2.75) is 24.4 Å². The minimum Gasteiger partial charge on any atom is -0.354 e. The Morgan fingerprint density at radius 3 is 3.00 bits per heavy atom. The number of nitrogens with zero attached hydrogens (tertiary/aromatic N) is 3. The quantitative estimate of drug-likeness (QED) is 0.591. The zero-order valence-electron chi connectivity index (χ0n) is 13.9. The van der Waals surface area contributed by atoms with E-state index in [1.165, 1.54) is 5.56 Å². The summed E-state index contributed by atoms with van der Waals surface area (Å²) in [5.41, 5.74) is 1.37. The first-order valence-corrected chi connectivity index (χ1v) is 9.25. The average Bonchev–Trinajstić information content (AvgIpc) is 3.22. The van der Waals surface area contributed by atoms with Crippen LogP contribution in [-0.2, 0) is 4.79 Å². The van der Waals surface area contributed by atoms with Gasteiger partial charge in [-0.15, -0.1) is 5.10 Å². The Morgan fingerprint density at radius 2 is 2.25 bits per heavy atom. The SMILES string of the molecule is Cc1nc(SCCNC(=O)CN2CC[C@H](c3ccccc3)C2)n[nH]1. The van der Waals surface area contributed by atoms with Gasteiger partial charge in [0.1, 0.15) is 5.82 Å². The molecule has 0 radical (unpaired) electrons. The van der Waals surface area contributed by atoms with Crippen LogP contribution in [0.4, 0.5) is 0 Å². The van der Waals surface area contributed by atoms with Crippen molar-refractivity contribution in [3.63, 3.8) is 0 Å². The topological polar surface area (TPSA) is 73.9 Å². The van der Waals surface area contributed by atoms with E-state index in [1.54, 1.807) is 11.8 Å². The maximum atomic E-state index is 12.1. The van der Waals surface area contributed by atoms with Crippen LogP contribution in [0.1, 0.15) is 23.7 Å². The molecule has 3 rings (SSSR count). The summed E-state index contributed by atoms with van der Waals surface area (Å²) in [6.07, 6.45) is 1.12. The fourth-order valence-electron chi connectivity index (χ4n) is 2.95. The van der Waals surface area contributed by atoms with E-state index in [0.29, 0.717) is 19.0 Å². The van der Waals surface area contributed by atoms with E-state index >= 15 is 0 Å². The first kappa shape index (κ1) is 17.0. The van der Waals surface area contributed by atoms with E-state index in [-0.39, 0.29) is 5.91 Å². The zero-order valence-corrected chi connectivity index (χ0v) is 14.7. The third kappa shape index (κ3) is 4.82. The maximum absolute atomic E-state index is 12.1. The molecule has 0 aliphatic carbocycles. The predicted octanol–water partition coefficient (Wildman–Crippen LogP) is 1.81. The summed E-state index contributed by atoms with van der Waals surface area (Å²) in [6, 6.07) is 10.6. The average molecular weight is 345 g/mol. The number of H-pyrrole nitrogens is 1. The first-order chi connectivity index (χ1) is 11.7. The fraction of sp³-hybridized carbons (Fsp3) is 0.471. The molecule has 2 N–H and O–H groups in total. The normalized spacial score (nSPS) is 18.0. The van der Waals surface area contributed by atoms with Crippen molar-refractivity contribution in [2.75, 3.05) is 31.9 Å². The van der Waals surface area contributed by atoms with Gasteiger partial charge in [0, 0.05) is 18.8 Å². The summed E-state index contributed by atoms with van der Waals surface area (Å²) in [6.45, 7) is 4.93. The highest BCUT2D eigenvalue weighted by molar-refractivity contribution is 7.99. The Balaban J connectivity index is 1.34. The second-order valence-electron chi connectivity index (χ2n) is 6.03. The molecule has 0 unspecified atom stereocenters. The van der Waals surface area contributed by atoms with Crippen molar-refractivity contribution in [2.24, 2.45) is 0 Å². The van der Waals surface area contributed by atoms with Crippen molar-refractivity contribution in [1.29, 1.82) is 0 Å². The fourth-order valence-corrected chi connectivity index (χ4v) is 3.65. The third-order valence-electron chi connectivity index (χ3n) is 4.14. The van der Waals surface area contributed by atoms with E-state index in [9.17, 15) is 4.79 Å². The van der Waals surface area contributed by atoms with Gasteiger partial charge in [-0.2, -0.15) is 0 Å². The third-order valence-corrected chi connectivity index (χ3v) is 4.99. The summed E-state index contributed by atoms with van der Waals surface area (Å²) in [7, 11) is 0. The van der Waals surface area contributed by atoms with E-state index in [1.807, 2.05) is 13.0 Å². The molecular formula is C17H23N5OS. The molecule has 1 atom stereocenters. The lowest BCUT2D eigenvalue weighted by Crippen LogP contribution is -2.36. The summed E-state index contributed by atoms with van der Waals surface area (Å²) < 4.78 is 0. The highest BCUT2D eigenvalue weighted by Crippen LogP contribution is 2.26. The van der Waals surface area contributed by atoms with E-state index in [4.69, 9.17) is 0 Å². The number of nitrogens with one attached hydrogen (secondary N) is 2. The number of carbonyl (C=O) groups excluding carboxylic acids is 1. The molecule has 1 fully saturated rings. The highest BCUT2D eigenvalue weighted by atomic mass is 32.2. The molecule has 1 aromatic heterocycles. The number of rotatable bonds is 7. The van der Waals surface area contributed by atoms with Gasteiger partial charge in [-0.25, -0.2) is 4.98 Å². The Hall–Kier alpha value is -1.86. The van der Waals surface area contributed by atoms with Crippen LogP contribution in [0.2, 0.25) is 0 Å². The molecule has 6 nitrogen and oxygen atoms in total. The molecule has 2 aromatic rings. The molecule has 1 saturated heterocycles. The maximum Gasteiger partial charge on any atom is 0.234 e. The van der Waals surface area contributed by atoms with Crippen LogP contribution in [0.5, 0.6) is 0 Å². The second kappa shape index (κ2) is 8.30. The van der Waals surface area contributed by atoms with E-state index in [0.717, 1.165) is 36.2 Å². The van der Waals surface area contributed by atoms with Gasteiger partial charge in [0.25, 0.3) is 0 Å². The lowest BCUT2D eigenvalue weighted by atomic mass is 9.99. The number of carbonyl (C=O) groups is 1. The standard InChI is InChI=1S/C17H23N5OS/c1-13-19-17(21-20-13)24-10-8-18-16(23)12-22-9-7-15(11-22)14-5-3-2-4-6-14/h2-6,15H,7-12H2,1H3,(H,18,23)(H,19,20,21)/t15-/m0/s1. The molecular weight excluding hydrogens is 322 g/mol.